The molecule has 0 radical (unpaired) electrons. The van der Waals surface area contributed by atoms with Crippen molar-refractivity contribution in [2.24, 2.45) is 17.8 Å². The van der Waals surface area contributed by atoms with E-state index in [2.05, 4.69) is 5.32 Å². The summed E-state index contributed by atoms with van der Waals surface area (Å²) in [6.07, 6.45) is 5.09. The summed E-state index contributed by atoms with van der Waals surface area (Å²) in [6, 6.07) is 3.15. The minimum absolute atomic E-state index is 0.107. The molecule has 2 aliphatic rings. The predicted molar refractivity (Wildman–Crippen MR) is 78.4 cm³/mol. The lowest BCUT2D eigenvalue weighted by Crippen LogP contribution is -2.42. The molecule has 4 atom stereocenters. The normalized spacial score (nSPS) is 27.7. The van der Waals surface area contributed by atoms with Gasteiger partial charge in [-0.1, -0.05) is 6.42 Å². The van der Waals surface area contributed by atoms with Crippen LogP contribution in [0.5, 0.6) is 5.75 Å². The van der Waals surface area contributed by atoms with Crippen molar-refractivity contribution in [1.29, 1.82) is 0 Å². The molecule has 0 heterocycles. The summed E-state index contributed by atoms with van der Waals surface area (Å²) in [7, 11) is 0. The Labute approximate surface area is 129 Å². The van der Waals surface area contributed by atoms with Gasteiger partial charge in [0, 0.05) is 12.1 Å². The van der Waals surface area contributed by atoms with Crippen LogP contribution in [0.1, 0.15) is 32.6 Å². The first-order valence-corrected chi connectivity index (χ1v) is 7.90. The Balaban J connectivity index is 1.48. The number of amides is 1. The molecule has 2 bridgehead atoms. The predicted octanol–water partition coefficient (Wildman–Crippen LogP) is 3.28. The lowest BCUT2D eigenvalue weighted by molar-refractivity contribution is -0.124. The minimum atomic E-state index is -0.797. The Morgan fingerprint density at radius 2 is 2.18 bits per heavy atom. The zero-order chi connectivity index (χ0) is 15.7. The first kappa shape index (κ1) is 15.3. The minimum Gasteiger partial charge on any atom is -0.481 e. The largest absolute Gasteiger partial charge is 0.481 e. The number of fused-ring (bicyclic) bond motifs is 2. The number of hydrogen-bond acceptors (Lipinski definition) is 2. The van der Waals surface area contributed by atoms with Crippen molar-refractivity contribution in [2.45, 2.75) is 38.6 Å². The molecule has 0 aliphatic heterocycles. The Bertz CT molecular complexity index is 564. The molecular formula is C17H21F2NO2. The molecule has 2 fully saturated rings. The SMILES string of the molecule is CC(NC(=O)COc1ccc(F)cc1F)C1CC2CCC1C2. The van der Waals surface area contributed by atoms with Crippen molar-refractivity contribution in [3.8, 4) is 5.75 Å². The fourth-order valence-corrected chi connectivity index (χ4v) is 4.04. The Hall–Kier alpha value is -1.65. The van der Waals surface area contributed by atoms with E-state index in [1.807, 2.05) is 6.92 Å². The Morgan fingerprint density at radius 3 is 2.82 bits per heavy atom. The monoisotopic (exact) mass is 309 g/mol. The van der Waals surface area contributed by atoms with Crippen LogP contribution in [0.2, 0.25) is 0 Å². The molecule has 3 nitrogen and oxygen atoms in total. The molecule has 1 amide bonds. The number of carbonyl (C=O) groups excluding carboxylic acids is 1. The van der Waals surface area contributed by atoms with E-state index in [1.165, 1.54) is 31.7 Å². The molecule has 1 aromatic carbocycles. The average Bonchev–Trinajstić information content (AvgIpc) is 3.09. The van der Waals surface area contributed by atoms with Crippen LogP contribution < -0.4 is 10.1 Å². The van der Waals surface area contributed by atoms with Crippen molar-refractivity contribution in [3.05, 3.63) is 29.8 Å². The molecule has 120 valence electrons. The Kier molecular flexibility index (Phi) is 4.32. The molecule has 3 rings (SSSR count). The van der Waals surface area contributed by atoms with E-state index in [0.717, 1.165) is 24.0 Å². The summed E-state index contributed by atoms with van der Waals surface area (Å²) in [6.45, 7) is 1.77. The summed E-state index contributed by atoms with van der Waals surface area (Å²) in [4.78, 5) is 11.9. The van der Waals surface area contributed by atoms with Crippen molar-refractivity contribution in [3.63, 3.8) is 0 Å². The second-order valence-corrected chi connectivity index (χ2v) is 6.56. The summed E-state index contributed by atoms with van der Waals surface area (Å²) in [5.41, 5.74) is 0. The average molecular weight is 309 g/mol. The quantitative estimate of drug-likeness (QED) is 0.906. The molecule has 2 aliphatic carbocycles. The van der Waals surface area contributed by atoms with Gasteiger partial charge in [0.2, 0.25) is 0 Å². The van der Waals surface area contributed by atoms with Gasteiger partial charge in [-0.15, -0.1) is 0 Å². The highest BCUT2D eigenvalue weighted by atomic mass is 19.1. The zero-order valence-corrected chi connectivity index (χ0v) is 12.6. The molecular weight excluding hydrogens is 288 g/mol. The molecule has 22 heavy (non-hydrogen) atoms. The van der Waals surface area contributed by atoms with Crippen LogP contribution in [-0.4, -0.2) is 18.6 Å². The lowest BCUT2D eigenvalue weighted by atomic mass is 9.84. The van der Waals surface area contributed by atoms with Crippen LogP contribution in [0.15, 0.2) is 18.2 Å². The smallest absolute Gasteiger partial charge is 0.258 e. The van der Waals surface area contributed by atoms with Crippen LogP contribution in [-0.2, 0) is 4.79 Å². The molecule has 0 aromatic heterocycles. The first-order chi connectivity index (χ1) is 10.5. The third kappa shape index (κ3) is 3.23. The van der Waals surface area contributed by atoms with Crippen molar-refractivity contribution in [1.82, 2.24) is 5.32 Å². The lowest BCUT2D eigenvalue weighted by Gasteiger charge is -2.28. The van der Waals surface area contributed by atoms with Gasteiger partial charge < -0.3 is 10.1 Å². The summed E-state index contributed by atoms with van der Waals surface area (Å²) >= 11 is 0. The van der Waals surface area contributed by atoms with Crippen LogP contribution >= 0.6 is 0 Å². The van der Waals surface area contributed by atoms with Crippen LogP contribution in [0.4, 0.5) is 8.78 Å². The summed E-state index contributed by atoms with van der Waals surface area (Å²) in [5, 5.41) is 2.95. The van der Waals surface area contributed by atoms with Gasteiger partial charge in [0.15, 0.2) is 18.2 Å². The number of halogens is 2. The van der Waals surface area contributed by atoms with Crippen molar-refractivity contribution in [2.75, 3.05) is 6.61 Å². The summed E-state index contributed by atoms with van der Waals surface area (Å²) < 4.78 is 31.3. The fraction of sp³-hybridized carbons (Fsp3) is 0.588. The molecule has 0 spiro atoms. The van der Waals surface area contributed by atoms with Gasteiger partial charge in [0.25, 0.3) is 5.91 Å². The topological polar surface area (TPSA) is 38.3 Å². The second-order valence-electron chi connectivity index (χ2n) is 6.56. The molecule has 1 N–H and O–H groups in total. The van der Waals surface area contributed by atoms with Gasteiger partial charge in [0.1, 0.15) is 5.82 Å². The number of hydrogen-bond donors (Lipinski definition) is 1. The van der Waals surface area contributed by atoms with Gasteiger partial charge in [0.05, 0.1) is 0 Å². The van der Waals surface area contributed by atoms with Gasteiger partial charge in [-0.25, -0.2) is 8.78 Å². The maximum Gasteiger partial charge on any atom is 0.258 e. The summed E-state index contributed by atoms with van der Waals surface area (Å²) in [5.74, 6) is 0.274. The third-order valence-electron chi connectivity index (χ3n) is 5.08. The molecule has 5 heteroatoms. The highest BCUT2D eigenvalue weighted by Gasteiger charge is 2.42. The van der Waals surface area contributed by atoms with E-state index < -0.39 is 11.6 Å². The standard InChI is InChI=1S/C17H21F2NO2/c1-10(14-7-11-2-3-12(14)6-11)20-17(21)9-22-16-5-4-13(18)8-15(16)19/h4-5,8,10-12,14H,2-3,6-7,9H2,1H3,(H,20,21). The van der Waals surface area contributed by atoms with E-state index in [1.54, 1.807) is 0 Å². The van der Waals surface area contributed by atoms with E-state index >= 15 is 0 Å². The van der Waals surface area contributed by atoms with Crippen LogP contribution in [0.3, 0.4) is 0 Å². The van der Waals surface area contributed by atoms with Gasteiger partial charge in [-0.05, 0) is 56.1 Å². The fourth-order valence-electron chi connectivity index (χ4n) is 4.04. The van der Waals surface area contributed by atoms with Gasteiger partial charge in [-0.2, -0.15) is 0 Å². The maximum atomic E-state index is 13.4. The van der Waals surface area contributed by atoms with Gasteiger partial charge in [-0.3, -0.25) is 4.79 Å². The van der Waals surface area contributed by atoms with E-state index in [-0.39, 0.29) is 24.3 Å². The van der Waals surface area contributed by atoms with Gasteiger partial charge >= 0.3 is 0 Å². The molecule has 4 unspecified atom stereocenters. The second kappa shape index (κ2) is 6.23. The Morgan fingerprint density at radius 1 is 1.36 bits per heavy atom. The first-order valence-electron chi connectivity index (χ1n) is 7.90. The zero-order valence-electron chi connectivity index (χ0n) is 12.6. The number of carbonyl (C=O) groups is 1. The third-order valence-corrected chi connectivity index (χ3v) is 5.08. The number of ether oxygens (including phenoxy) is 1. The van der Waals surface area contributed by atoms with E-state index in [0.29, 0.717) is 5.92 Å². The maximum absolute atomic E-state index is 13.4. The number of rotatable bonds is 5. The molecule has 0 saturated heterocycles. The van der Waals surface area contributed by atoms with Crippen LogP contribution in [0.25, 0.3) is 0 Å². The van der Waals surface area contributed by atoms with Crippen LogP contribution in [0, 0.1) is 29.4 Å². The highest BCUT2D eigenvalue weighted by Crippen LogP contribution is 2.49. The molecule has 2 saturated carbocycles. The van der Waals surface area contributed by atoms with Crippen molar-refractivity contribution >= 4 is 5.91 Å². The molecule has 1 aromatic rings. The number of nitrogens with one attached hydrogen (secondary N) is 1. The van der Waals surface area contributed by atoms with Crippen molar-refractivity contribution < 1.29 is 18.3 Å². The van der Waals surface area contributed by atoms with E-state index in [4.69, 9.17) is 4.74 Å². The van der Waals surface area contributed by atoms with E-state index in [9.17, 15) is 13.6 Å². The highest BCUT2D eigenvalue weighted by molar-refractivity contribution is 5.77. The number of benzene rings is 1.